The summed E-state index contributed by atoms with van der Waals surface area (Å²) in [6, 6.07) is 8.81. The van der Waals surface area contributed by atoms with Crippen molar-refractivity contribution in [2.45, 2.75) is 26.2 Å². The van der Waals surface area contributed by atoms with Crippen LogP contribution in [0.5, 0.6) is 0 Å². The Hall–Kier alpha value is -1.86. The van der Waals surface area contributed by atoms with Crippen molar-refractivity contribution < 1.29 is 0 Å². The first-order valence-corrected chi connectivity index (χ1v) is 8.09. The number of benzene rings is 1. The van der Waals surface area contributed by atoms with Crippen molar-refractivity contribution >= 4 is 5.57 Å². The molecule has 1 nitrogen and oxygen atoms in total. The molecule has 0 N–H and O–H groups in total. The normalized spacial score (nSPS) is 20.5. The molecule has 116 valence electrons. The highest BCUT2D eigenvalue weighted by atomic mass is 15.0. The fourth-order valence-electron chi connectivity index (χ4n) is 3.02. The Kier molecular flexibility index (Phi) is 5.97. The first-order valence-electron chi connectivity index (χ1n) is 8.09. The Labute approximate surface area is 135 Å². The Bertz CT molecular complexity index is 615. The molecule has 0 radical (unpaired) electrons. The number of hydrogen-bond acceptors (Lipinski definition) is 1. The highest BCUT2D eigenvalue weighted by Gasteiger charge is 2.18. The third-order valence-electron chi connectivity index (χ3n) is 4.17. The minimum absolute atomic E-state index is 1.06. The van der Waals surface area contributed by atoms with Crippen LogP contribution in [0, 0.1) is 0 Å². The van der Waals surface area contributed by atoms with Crippen molar-refractivity contribution in [3.63, 3.8) is 0 Å². The largest absolute Gasteiger partial charge is 0.309 e. The smallest absolute Gasteiger partial charge is 0.00101 e. The molecule has 0 unspecified atom stereocenters. The fourth-order valence-corrected chi connectivity index (χ4v) is 3.02. The van der Waals surface area contributed by atoms with Gasteiger partial charge in [-0.25, -0.2) is 0 Å². The molecule has 0 heterocycles. The summed E-state index contributed by atoms with van der Waals surface area (Å²) in [5.41, 5.74) is 6.95. The fraction of sp³-hybridized carbons (Fsp3) is 0.333. The predicted molar refractivity (Wildman–Crippen MR) is 97.9 cm³/mol. The molecule has 1 aromatic rings. The Balaban J connectivity index is 2.52. The van der Waals surface area contributed by atoms with Crippen LogP contribution in [0.3, 0.4) is 0 Å². The van der Waals surface area contributed by atoms with E-state index in [1.165, 1.54) is 27.8 Å². The van der Waals surface area contributed by atoms with Crippen molar-refractivity contribution in [3.8, 4) is 0 Å². The van der Waals surface area contributed by atoms with Crippen LogP contribution in [0.2, 0.25) is 0 Å². The summed E-state index contributed by atoms with van der Waals surface area (Å²) < 4.78 is 0. The molecule has 0 fully saturated rings. The van der Waals surface area contributed by atoms with E-state index < -0.39 is 0 Å². The van der Waals surface area contributed by atoms with E-state index in [0.717, 1.165) is 25.8 Å². The second-order valence-electron chi connectivity index (χ2n) is 6.00. The summed E-state index contributed by atoms with van der Waals surface area (Å²) in [5, 5.41) is 0. The van der Waals surface area contributed by atoms with Gasteiger partial charge in [0.2, 0.25) is 0 Å². The van der Waals surface area contributed by atoms with Gasteiger partial charge in [-0.2, -0.15) is 0 Å². The lowest BCUT2D eigenvalue weighted by atomic mass is 9.91. The molecule has 0 saturated heterocycles. The summed E-state index contributed by atoms with van der Waals surface area (Å²) in [4.78, 5) is 2.23. The van der Waals surface area contributed by atoms with E-state index in [2.05, 4.69) is 75.0 Å². The van der Waals surface area contributed by atoms with E-state index in [1.54, 1.807) is 0 Å². The molecule has 1 aliphatic carbocycles. The Morgan fingerprint density at radius 1 is 1.14 bits per heavy atom. The maximum absolute atomic E-state index is 3.91. The molecule has 0 spiro atoms. The SMILES string of the molecule is C=C/C=C1C(=C/C)\CCc2ccccc2C\1=C\CCN(C)C. The molecule has 2 rings (SSSR count). The second kappa shape index (κ2) is 7.95. The van der Waals surface area contributed by atoms with Gasteiger partial charge in [0.15, 0.2) is 0 Å². The number of allylic oxidation sites excluding steroid dienone is 6. The van der Waals surface area contributed by atoms with E-state index in [9.17, 15) is 0 Å². The third kappa shape index (κ3) is 3.86. The summed E-state index contributed by atoms with van der Waals surface area (Å²) in [6.07, 6.45) is 12.0. The molecule has 0 atom stereocenters. The number of rotatable bonds is 4. The average Bonchev–Trinajstić information content (AvgIpc) is 2.65. The van der Waals surface area contributed by atoms with Gasteiger partial charge >= 0.3 is 0 Å². The molecule has 0 aliphatic heterocycles. The zero-order chi connectivity index (χ0) is 15.9. The van der Waals surface area contributed by atoms with Crippen molar-refractivity contribution in [3.05, 3.63) is 77.4 Å². The summed E-state index contributed by atoms with van der Waals surface area (Å²) in [5.74, 6) is 0. The first-order chi connectivity index (χ1) is 10.7. The van der Waals surface area contributed by atoms with Gasteiger partial charge in [-0.3, -0.25) is 0 Å². The summed E-state index contributed by atoms with van der Waals surface area (Å²) in [6.45, 7) is 7.12. The lowest BCUT2D eigenvalue weighted by Gasteiger charge is -2.14. The molecule has 0 amide bonds. The van der Waals surface area contributed by atoms with Gasteiger partial charge in [0.1, 0.15) is 0 Å². The number of hydrogen-bond donors (Lipinski definition) is 0. The zero-order valence-corrected chi connectivity index (χ0v) is 14.1. The number of fused-ring (bicyclic) bond motifs is 1. The van der Waals surface area contributed by atoms with Crippen LogP contribution in [0.4, 0.5) is 0 Å². The topological polar surface area (TPSA) is 3.24 Å². The number of aryl methyl sites for hydroxylation is 1. The maximum atomic E-state index is 3.91. The lowest BCUT2D eigenvalue weighted by Crippen LogP contribution is -2.12. The van der Waals surface area contributed by atoms with Gasteiger partial charge in [-0.1, -0.05) is 55.1 Å². The van der Waals surface area contributed by atoms with Gasteiger partial charge < -0.3 is 4.90 Å². The van der Waals surface area contributed by atoms with Crippen LogP contribution in [-0.2, 0) is 6.42 Å². The minimum Gasteiger partial charge on any atom is -0.309 e. The van der Waals surface area contributed by atoms with Crippen LogP contribution in [-0.4, -0.2) is 25.5 Å². The standard InChI is InChI=1S/C21H27N/c1-5-10-19-17(6-2)14-15-18-11-7-8-12-20(18)21(19)13-9-16-22(3)4/h5-8,10-13H,1,9,14-16H2,2-4H3/b17-6-,19-10+,21-13+. The molecule has 22 heavy (non-hydrogen) atoms. The van der Waals surface area contributed by atoms with E-state index in [4.69, 9.17) is 0 Å². The lowest BCUT2D eigenvalue weighted by molar-refractivity contribution is 0.417. The van der Waals surface area contributed by atoms with Crippen LogP contribution in [0.15, 0.2) is 66.3 Å². The van der Waals surface area contributed by atoms with Crippen molar-refractivity contribution in [2.24, 2.45) is 0 Å². The Morgan fingerprint density at radius 2 is 1.91 bits per heavy atom. The summed E-state index contributed by atoms with van der Waals surface area (Å²) in [7, 11) is 4.24. The molecule has 1 aliphatic rings. The van der Waals surface area contributed by atoms with E-state index >= 15 is 0 Å². The number of nitrogens with zero attached hydrogens (tertiary/aromatic N) is 1. The monoisotopic (exact) mass is 293 g/mol. The van der Waals surface area contributed by atoms with Gasteiger partial charge in [-0.15, -0.1) is 0 Å². The van der Waals surface area contributed by atoms with Crippen LogP contribution in [0.25, 0.3) is 5.57 Å². The molecular weight excluding hydrogens is 266 g/mol. The predicted octanol–water partition coefficient (Wildman–Crippen LogP) is 5.03. The van der Waals surface area contributed by atoms with Gasteiger partial charge in [0.25, 0.3) is 0 Å². The molecule has 0 saturated carbocycles. The van der Waals surface area contributed by atoms with Gasteiger partial charge in [0, 0.05) is 6.54 Å². The van der Waals surface area contributed by atoms with E-state index in [1.807, 2.05) is 6.08 Å². The van der Waals surface area contributed by atoms with Crippen LogP contribution >= 0.6 is 0 Å². The molecule has 0 aromatic heterocycles. The quantitative estimate of drug-likeness (QED) is 0.704. The maximum Gasteiger partial charge on any atom is 0.00101 e. The Morgan fingerprint density at radius 3 is 2.59 bits per heavy atom. The highest BCUT2D eigenvalue weighted by molar-refractivity contribution is 5.86. The zero-order valence-electron chi connectivity index (χ0n) is 14.1. The van der Waals surface area contributed by atoms with Crippen molar-refractivity contribution in [1.29, 1.82) is 0 Å². The second-order valence-corrected chi connectivity index (χ2v) is 6.00. The average molecular weight is 293 g/mol. The van der Waals surface area contributed by atoms with Crippen LogP contribution in [0.1, 0.15) is 30.9 Å². The molecule has 1 aromatic carbocycles. The van der Waals surface area contributed by atoms with Gasteiger partial charge in [0.05, 0.1) is 0 Å². The van der Waals surface area contributed by atoms with E-state index in [-0.39, 0.29) is 0 Å². The first kappa shape index (κ1) is 16.5. The third-order valence-corrected chi connectivity index (χ3v) is 4.17. The highest BCUT2D eigenvalue weighted by Crippen LogP contribution is 2.37. The molecule has 1 heteroatoms. The van der Waals surface area contributed by atoms with Crippen molar-refractivity contribution in [1.82, 2.24) is 4.90 Å². The van der Waals surface area contributed by atoms with Crippen molar-refractivity contribution in [2.75, 3.05) is 20.6 Å². The summed E-state index contributed by atoms with van der Waals surface area (Å²) >= 11 is 0. The van der Waals surface area contributed by atoms with Crippen LogP contribution < -0.4 is 0 Å². The molecule has 0 bridgehead atoms. The van der Waals surface area contributed by atoms with E-state index in [0.29, 0.717) is 0 Å². The van der Waals surface area contributed by atoms with Gasteiger partial charge in [-0.05, 0) is 68.1 Å². The molecular formula is C21H27N. The minimum atomic E-state index is 1.06.